The van der Waals surface area contributed by atoms with Crippen LogP contribution in [0.3, 0.4) is 0 Å². The van der Waals surface area contributed by atoms with E-state index in [0.29, 0.717) is 12.3 Å². The highest BCUT2D eigenvalue weighted by Crippen LogP contribution is 2.34. The molecule has 1 fully saturated rings. The zero-order chi connectivity index (χ0) is 9.84. The highest BCUT2D eigenvalue weighted by Gasteiger charge is 2.23. The smallest absolute Gasteiger partial charge is 0.217 e. The fourth-order valence-electron chi connectivity index (χ4n) is 2.34. The molecule has 0 spiro atoms. The van der Waals surface area contributed by atoms with Crippen LogP contribution < -0.4 is 5.73 Å². The standard InChI is InChI=1S/C11H21NO/c1-8(2)10-5-3-9(4-6-10)7-11(12)13/h8-10H,3-7H2,1-2H3,(H2,12,13). The highest BCUT2D eigenvalue weighted by atomic mass is 16.1. The predicted molar refractivity (Wildman–Crippen MR) is 54.1 cm³/mol. The molecule has 0 unspecified atom stereocenters. The third-order valence-electron chi connectivity index (χ3n) is 3.32. The molecule has 2 heteroatoms. The van der Waals surface area contributed by atoms with E-state index in [2.05, 4.69) is 13.8 Å². The molecule has 76 valence electrons. The Morgan fingerprint density at radius 3 is 2.23 bits per heavy atom. The summed E-state index contributed by atoms with van der Waals surface area (Å²) < 4.78 is 0. The van der Waals surface area contributed by atoms with Gasteiger partial charge in [0.15, 0.2) is 0 Å². The van der Waals surface area contributed by atoms with Crippen LogP contribution in [0, 0.1) is 17.8 Å². The molecule has 1 saturated carbocycles. The Labute approximate surface area is 80.9 Å². The SMILES string of the molecule is CC(C)C1CCC(CC(N)=O)CC1. The summed E-state index contributed by atoms with van der Waals surface area (Å²) in [6.45, 7) is 4.58. The van der Waals surface area contributed by atoms with E-state index >= 15 is 0 Å². The van der Waals surface area contributed by atoms with Gasteiger partial charge in [-0.15, -0.1) is 0 Å². The van der Waals surface area contributed by atoms with Gasteiger partial charge in [-0.05, 0) is 43.4 Å². The summed E-state index contributed by atoms with van der Waals surface area (Å²) in [5.74, 6) is 2.12. The lowest BCUT2D eigenvalue weighted by Crippen LogP contribution is -2.23. The molecule has 0 bridgehead atoms. The molecular weight excluding hydrogens is 162 g/mol. The summed E-state index contributed by atoms with van der Waals surface area (Å²) in [6, 6.07) is 0. The molecule has 0 aromatic heterocycles. The summed E-state index contributed by atoms with van der Waals surface area (Å²) in [5, 5.41) is 0. The van der Waals surface area contributed by atoms with Crippen molar-refractivity contribution in [2.24, 2.45) is 23.5 Å². The van der Waals surface area contributed by atoms with Crippen molar-refractivity contribution >= 4 is 5.91 Å². The van der Waals surface area contributed by atoms with Gasteiger partial charge in [-0.3, -0.25) is 4.79 Å². The first-order valence-corrected chi connectivity index (χ1v) is 5.38. The van der Waals surface area contributed by atoms with Gasteiger partial charge in [0.2, 0.25) is 5.91 Å². The Hall–Kier alpha value is -0.530. The van der Waals surface area contributed by atoms with Gasteiger partial charge in [0.05, 0.1) is 0 Å². The fourth-order valence-corrected chi connectivity index (χ4v) is 2.34. The topological polar surface area (TPSA) is 43.1 Å². The van der Waals surface area contributed by atoms with Crippen molar-refractivity contribution in [2.45, 2.75) is 46.0 Å². The van der Waals surface area contributed by atoms with E-state index in [9.17, 15) is 4.79 Å². The van der Waals surface area contributed by atoms with Crippen LogP contribution in [-0.4, -0.2) is 5.91 Å². The largest absolute Gasteiger partial charge is 0.370 e. The zero-order valence-electron chi connectivity index (χ0n) is 8.75. The lowest BCUT2D eigenvalue weighted by molar-refractivity contribution is -0.119. The molecule has 0 heterocycles. The second kappa shape index (κ2) is 4.64. The molecule has 2 N–H and O–H groups in total. The van der Waals surface area contributed by atoms with Gasteiger partial charge >= 0.3 is 0 Å². The number of amides is 1. The molecule has 0 aliphatic heterocycles. The Kier molecular flexibility index (Phi) is 3.76. The van der Waals surface area contributed by atoms with Crippen molar-refractivity contribution in [3.63, 3.8) is 0 Å². The number of primary amides is 1. The molecule has 1 aliphatic carbocycles. The average Bonchev–Trinajstić information content (AvgIpc) is 2.04. The zero-order valence-corrected chi connectivity index (χ0v) is 8.75. The van der Waals surface area contributed by atoms with E-state index in [0.717, 1.165) is 11.8 Å². The van der Waals surface area contributed by atoms with Gasteiger partial charge in [0.1, 0.15) is 0 Å². The van der Waals surface area contributed by atoms with Gasteiger partial charge in [0, 0.05) is 6.42 Å². The van der Waals surface area contributed by atoms with Crippen molar-refractivity contribution in [3.8, 4) is 0 Å². The van der Waals surface area contributed by atoms with Gasteiger partial charge in [-0.2, -0.15) is 0 Å². The minimum Gasteiger partial charge on any atom is -0.370 e. The lowest BCUT2D eigenvalue weighted by Gasteiger charge is -2.30. The van der Waals surface area contributed by atoms with Gasteiger partial charge in [-0.1, -0.05) is 13.8 Å². The van der Waals surface area contributed by atoms with Crippen LogP contribution in [0.2, 0.25) is 0 Å². The lowest BCUT2D eigenvalue weighted by atomic mass is 9.76. The fraction of sp³-hybridized carbons (Fsp3) is 0.909. The van der Waals surface area contributed by atoms with Gasteiger partial charge < -0.3 is 5.73 Å². The molecule has 1 rings (SSSR count). The van der Waals surface area contributed by atoms with Crippen LogP contribution in [0.4, 0.5) is 0 Å². The Balaban J connectivity index is 2.26. The van der Waals surface area contributed by atoms with E-state index < -0.39 is 0 Å². The van der Waals surface area contributed by atoms with Crippen molar-refractivity contribution < 1.29 is 4.79 Å². The average molecular weight is 183 g/mol. The number of hydrogen-bond donors (Lipinski definition) is 1. The number of carbonyl (C=O) groups is 1. The van der Waals surface area contributed by atoms with Crippen molar-refractivity contribution in [3.05, 3.63) is 0 Å². The maximum absolute atomic E-state index is 10.7. The Morgan fingerprint density at radius 1 is 1.31 bits per heavy atom. The van der Waals surface area contributed by atoms with E-state index in [1.54, 1.807) is 0 Å². The minimum atomic E-state index is -0.131. The Bertz CT molecular complexity index is 169. The minimum absolute atomic E-state index is 0.131. The molecule has 0 atom stereocenters. The number of carbonyl (C=O) groups excluding carboxylic acids is 1. The monoisotopic (exact) mass is 183 g/mol. The maximum atomic E-state index is 10.7. The van der Waals surface area contributed by atoms with Crippen LogP contribution in [0.1, 0.15) is 46.0 Å². The summed E-state index contributed by atoms with van der Waals surface area (Å²) in [5.41, 5.74) is 5.18. The molecule has 0 aromatic carbocycles. The van der Waals surface area contributed by atoms with Gasteiger partial charge in [0.25, 0.3) is 0 Å². The molecule has 0 saturated heterocycles. The second-order valence-electron chi connectivity index (χ2n) is 4.70. The third-order valence-corrected chi connectivity index (χ3v) is 3.32. The van der Waals surface area contributed by atoms with E-state index in [-0.39, 0.29) is 5.91 Å². The van der Waals surface area contributed by atoms with Crippen LogP contribution in [0.5, 0.6) is 0 Å². The Morgan fingerprint density at radius 2 is 1.85 bits per heavy atom. The van der Waals surface area contributed by atoms with Gasteiger partial charge in [-0.25, -0.2) is 0 Å². The van der Waals surface area contributed by atoms with Crippen molar-refractivity contribution in [1.29, 1.82) is 0 Å². The molecule has 1 amide bonds. The summed E-state index contributed by atoms with van der Waals surface area (Å²) in [7, 11) is 0. The predicted octanol–water partition coefficient (Wildman–Crippen LogP) is 2.32. The second-order valence-corrected chi connectivity index (χ2v) is 4.70. The quantitative estimate of drug-likeness (QED) is 0.717. The maximum Gasteiger partial charge on any atom is 0.217 e. The normalized spacial score (nSPS) is 29.2. The third kappa shape index (κ3) is 3.37. The number of rotatable bonds is 3. The molecule has 13 heavy (non-hydrogen) atoms. The molecule has 0 radical (unpaired) electrons. The first-order valence-electron chi connectivity index (χ1n) is 5.38. The van der Waals surface area contributed by atoms with Crippen molar-refractivity contribution in [1.82, 2.24) is 0 Å². The van der Waals surface area contributed by atoms with E-state index in [1.807, 2.05) is 0 Å². The van der Waals surface area contributed by atoms with E-state index in [1.165, 1.54) is 25.7 Å². The molecule has 0 aromatic rings. The first-order chi connectivity index (χ1) is 6.09. The molecule has 2 nitrogen and oxygen atoms in total. The van der Waals surface area contributed by atoms with Crippen LogP contribution in [0.25, 0.3) is 0 Å². The summed E-state index contributed by atoms with van der Waals surface area (Å²) >= 11 is 0. The summed E-state index contributed by atoms with van der Waals surface area (Å²) in [4.78, 5) is 10.7. The van der Waals surface area contributed by atoms with Crippen LogP contribution in [-0.2, 0) is 4.79 Å². The first kappa shape index (κ1) is 10.6. The molecular formula is C11H21NO. The van der Waals surface area contributed by atoms with E-state index in [4.69, 9.17) is 5.73 Å². The van der Waals surface area contributed by atoms with Crippen LogP contribution >= 0.6 is 0 Å². The van der Waals surface area contributed by atoms with Crippen LogP contribution in [0.15, 0.2) is 0 Å². The highest BCUT2D eigenvalue weighted by molar-refractivity contribution is 5.73. The van der Waals surface area contributed by atoms with Crippen molar-refractivity contribution in [2.75, 3.05) is 0 Å². The number of hydrogen-bond acceptors (Lipinski definition) is 1. The molecule has 1 aliphatic rings. The number of nitrogens with two attached hydrogens (primary N) is 1. The summed E-state index contributed by atoms with van der Waals surface area (Å²) in [6.07, 6.45) is 5.58.